The van der Waals surface area contributed by atoms with E-state index in [0.29, 0.717) is 6.54 Å². The van der Waals surface area contributed by atoms with Crippen molar-refractivity contribution >= 4 is 0 Å². The molecule has 1 aromatic carbocycles. The van der Waals surface area contributed by atoms with Crippen molar-refractivity contribution in [2.24, 2.45) is 0 Å². The molecule has 0 aromatic heterocycles. The van der Waals surface area contributed by atoms with Gasteiger partial charge in [0.15, 0.2) is 0 Å². The van der Waals surface area contributed by atoms with E-state index in [-0.39, 0.29) is 25.0 Å². The van der Waals surface area contributed by atoms with E-state index in [4.69, 9.17) is 4.74 Å². The topological polar surface area (TPSA) is 32.7 Å². The number of aliphatic hydroxyl groups is 1. The lowest BCUT2D eigenvalue weighted by atomic mass is 10.2. The molecule has 1 N–H and O–H groups in total. The number of benzene rings is 1. The van der Waals surface area contributed by atoms with Crippen LogP contribution >= 0.6 is 0 Å². The van der Waals surface area contributed by atoms with Gasteiger partial charge in [0.25, 0.3) is 0 Å². The number of rotatable bonds is 5. The zero-order chi connectivity index (χ0) is 14.6. The molecule has 1 unspecified atom stereocenters. The lowest BCUT2D eigenvalue weighted by Crippen LogP contribution is -2.35. The molecule has 2 rings (SSSR count). The standard InChI is InChI=1S/C14H18F3NO2/c15-14(16,17)12-5-1-2-6-13(12)20-9-8-18-7-3-4-11(18)10-19/h1-2,5-6,11,19H,3-4,7-10H2. The van der Waals surface area contributed by atoms with Gasteiger partial charge in [0.1, 0.15) is 12.4 Å². The first-order valence-electron chi connectivity index (χ1n) is 6.66. The van der Waals surface area contributed by atoms with Crippen LogP contribution in [0.2, 0.25) is 0 Å². The highest BCUT2D eigenvalue weighted by Gasteiger charge is 2.34. The molecular formula is C14H18F3NO2. The number of hydrogen-bond acceptors (Lipinski definition) is 3. The summed E-state index contributed by atoms with van der Waals surface area (Å²) >= 11 is 0. The fraction of sp³-hybridized carbons (Fsp3) is 0.571. The van der Waals surface area contributed by atoms with Gasteiger partial charge in [0.05, 0.1) is 12.2 Å². The second-order valence-electron chi connectivity index (χ2n) is 4.86. The van der Waals surface area contributed by atoms with Crippen molar-refractivity contribution in [3.05, 3.63) is 29.8 Å². The first-order valence-corrected chi connectivity index (χ1v) is 6.66. The summed E-state index contributed by atoms with van der Waals surface area (Å²) in [5.41, 5.74) is -0.750. The van der Waals surface area contributed by atoms with Crippen LogP contribution < -0.4 is 4.74 Å². The van der Waals surface area contributed by atoms with Crippen molar-refractivity contribution in [2.45, 2.75) is 25.1 Å². The molecule has 1 aliphatic rings. The molecule has 112 valence electrons. The highest BCUT2D eigenvalue weighted by molar-refractivity contribution is 5.35. The van der Waals surface area contributed by atoms with Gasteiger partial charge in [-0.05, 0) is 31.5 Å². The summed E-state index contributed by atoms with van der Waals surface area (Å²) in [6.45, 7) is 1.65. The molecule has 1 atom stereocenters. The van der Waals surface area contributed by atoms with Crippen molar-refractivity contribution in [2.75, 3.05) is 26.3 Å². The molecular weight excluding hydrogens is 271 g/mol. The smallest absolute Gasteiger partial charge is 0.419 e. The Bertz CT molecular complexity index is 437. The minimum absolute atomic E-state index is 0.0825. The van der Waals surface area contributed by atoms with Crippen molar-refractivity contribution < 1.29 is 23.0 Å². The van der Waals surface area contributed by atoms with E-state index >= 15 is 0 Å². The average Bonchev–Trinajstić information content (AvgIpc) is 2.85. The highest BCUT2D eigenvalue weighted by Crippen LogP contribution is 2.35. The van der Waals surface area contributed by atoms with Crippen molar-refractivity contribution in [3.63, 3.8) is 0 Å². The Balaban J connectivity index is 1.91. The summed E-state index contributed by atoms with van der Waals surface area (Å²) in [5.74, 6) is -0.139. The third-order valence-corrected chi connectivity index (χ3v) is 3.54. The van der Waals surface area contributed by atoms with Crippen LogP contribution in [0.4, 0.5) is 13.2 Å². The number of nitrogens with zero attached hydrogens (tertiary/aromatic N) is 1. The molecule has 0 radical (unpaired) electrons. The van der Waals surface area contributed by atoms with Gasteiger partial charge >= 0.3 is 6.18 Å². The minimum Gasteiger partial charge on any atom is -0.492 e. The number of aliphatic hydroxyl groups excluding tert-OH is 1. The third-order valence-electron chi connectivity index (χ3n) is 3.54. The lowest BCUT2D eigenvalue weighted by Gasteiger charge is -2.23. The van der Waals surface area contributed by atoms with Gasteiger partial charge in [-0.3, -0.25) is 4.90 Å². The molecule has 1 fully saturated rings. The molecule has 0 amide bonds. The number of hydrogen-bond donors (Lipinski definition) is 1. The van der Waals surface area contributed by atoms with E-state index in [0.717, 1.165) is 25.5 Å². The quantitative estimate of drug-likeness (QED) is 0.904. The second-order valence-corrected chi connectivity index (χ2v) is 4.86. The van der Waals surface area contributed by atoms with E-state index in [1.54, 1.807) is 0 Å². The first kappa shape index (κ1) is 15.1. The summed E-state index contributed by atoms with van der Waals surface area (Å²) in [7, 11) is 0. The van der Waals surface area contributed by atoms with Crippen LogP contribution in [-0.2, 0) is 6.18 Å². The Morgan fingerprint density at radius 3 is 2.75 bits per heavy atom. The Morgan fingerprint density at radius 2 is 2.05 bits per heavy atom. The number of alkyl halides is 3. The van der Waals surface area contributed by atoms with E-state index in [1.165, 1.54) is 18.2 Å². The Kier molecular flexibility index (Phi) is 4.88. The maximum absolute atomic E-state index is 12.8. The number of halogens is 3. The Labute approximate surface area is 116 Å². The Morgan fingerprint density at radius 1 is 1.30 bits per heavy atom. The molecule has 0 spiro atoms. The molecule has 0 aliphatic carbocycles. The lowest BCUT2D eigenvalue weighted by molar-refractivity contribution is -0.139. The summed E-state index contributed by atoms with van der Waals surface area (Å²) in [6.07, 6.45) is -2.47. The van der Waals surface area contributed by atoms with E-state index in [9.17, 15) is 18.3 Å². The molecule has 0 saturated carbocycles. The Hall–Kier alpha value is -1.27. The maximum atomic E-state index is 12.8. The fourth-order valence-electron chi connectivity index (χ4n) is 2.50. The van der Waals surface area contributed by atoms with Gasteiger partial charge in [0, 0.05) is 12.6 Å². The number of likely N-dealkylation sites (tertiary alicyclic amines) is 1. The molecule has 0 bridgehead atoms. The van der Waals surface area contributed by atoms with Crippen LogP contribution in [0.1, 0.15) is 18.4 Å². The van der Waals surface area contributed by atoms with Crippen LogP contribution in [0.3, 0.4) is 0 Å². The summed E-state index contributed by atoms with van der Waals surface area (Å²) in [6, 6.07) is 5.32. The van der Waals surface area contributed by atoms with Gasteiger partial charge < -0.3 is 9.84 Å². The van der Waals surface area contributed by atoms with Crippen LogP contribution in [0.5, 0.6) is 5.75 Å². The fourth-order valence-corrected chi connectivity index (χ4v) is 2.50. The molecule has 3 nitrogen and oxygen atoms in total. The van der Waals surface area contributed by atoms with Gasteiger partial charge in [-0.1, -0.05) is 12.1 Å². The molecule has 1 aliphatic heterocycles. The molecule has 20 heavy (non-hydrogen) atoms. The third kappa shape index (κ3) is 3.64. The van der Waals surface area contributed by atoms with Crippen molar-refractivity contribution in [3.8, 4) is 5.75 Å². The van der Waals surface area contributed by atoms with Gasteiger partial charge in [0.2, 0.25) is 0 Å². The first-order chi connectivity index (χ1) is 9.52. The molecule has 1 saturated heterocycles. The predicted molar refractivity (Wildman–Crippen MR) is 68.6 cm³/mol. The predicted octanol–water partition coefficient (Wildman–Crippen LogP) is 2.54. The largest absolute Gasteiger partial charge is 0.492 e. The highest BCUT2D eigenvalue weighted by atomic mass is 19.4. The van der Waals surface area contributed by atoms with E-state index in [2.05, 4.69) is 4.90 Å². The van der Waals surface area contributed by atoms with Crippen LogP contribution in [0, 0.1) is 0 Å². The molecule has 1 heterocycles. The normalized spacial score (nSPS) is 20.3. The monoisotopic (exact) mass is 289 g/mol. The SMILES string of the molecule is OCC1CCCN1CCOc1ccccc1C(F)(F)F. The van der Waals surface area contributed by atoms with Crippen LogP contribution in [0.25, 0.3) is 0 Å². The summed E-state index contributed by atoms with van der Waals surface area (Å²) in [5, 5.41) is 9.17. The van der Waals surface area contributed by atoms with Gasteiger partial charge in [-0.25, -0.2) is 0 Å². The van der Waals surface area contributed by atoms with Gasteiger partial charge in [-0.15, -0.1) is 0 Å². The van der Waals surface area contributed by atoms with Crippen molar-refractivity contribution in [1.29, 1.82) is 0 Å². The number of para-hydroxylation sites is 1. The average molecular weight is 289 g/mol. The summed E-state index contributed by atoms with van der Waals surface area (Å²) in [4.78, 5) is 2.05. The zero-order valence-electron chi connectivity index (χ0n) is 11.1. The van der Waals surface area contributed by atoms with E-state index < -0.39 is 11.7 Å². The maximum Gasteiger partial charge on any atom is 0.419 e. The van der Waals surface area contributed by atoms with Crippen LogP contribution in [-0.4, -0.2) is 42.4 Å². The zero-order valence-corrected chi connectivity index (χ0v) is 11.1. The molecule has 1 aromatic rings. The van der Waals surface area contributed by atoms with Crippen molar-refractivity contribution in [1.82, 2.24) is 4.90 Å². The second kappa shape index (κ2) is 6.45. The summed E-state index contributed by atoms with van der Waals surface area (Å²) < 4.78 is 43.6. The molecule has 6 heteroatoms. The van der Waals surface area contributed by atoms with Gasteiger partial charge in [-0.2, -0.15) is 13.2 Å². The minimum atomic E-state index is -4.40. The van der Waals surface area contributed by atoms with Crippen LogP contribution in [0.15, 0.2) is 24.3 Å². The van der Waals surface area contributed by atoms with E-state index in [1.807, 2.05) is 0 Å². The number of ether oxygens (including phenoxy) is 1.